The van der Waals surface area contributed by atoms with Crippen molar-refractivity contribution in [3.8, 4) is 10.6 Å². The van der Waals surface area contributed by atoms with Gasteiger partial charge >= 0.3 is 5.97 Å². The van der Waals surface area contributed by atoms with E-state index in [2.05, 4.69) is 9.97 Å². The highest BCUT2D eigenvalue weighted by molar-refractivity contribution is 7.15. The van der Waals surface area contributed by atoms with Gasteiger partial charge in [-0.2, -0.15) is 0 Å². The molecule has 0 fully saturated rings. The molecule has 1 N–H and O–H groups in total. The summed E-state index contributed by atoms with van der Waals surface area (Å²) >= 11 is 1.40. The molecule has 15 heavy (non-hydrogen) atoms. The van der Waals surface area contributed by atoms with E-state index in [4.69, 9.17) is 9.52 Å². The number of rotatable bonds is 2. The van der Waals surface area contributed by atoms with Crippen molar-refractivity contribution in [1.29, 1.82) is 0 Å². The maximum atomic E-state index is 10.8. The average molecular weight is 224 g/mol. The molecule has 2 rings (SSSR count). The first-order chi connectivity index (χ1) is 7.09. The predicted molar refractivity (Wildman–Crippen MR) is 54.0 cm³/mol. The van der Waals surface area contributed by atoms with Crippen LogP contribution in [0.1, 0.15) is 21.2 Å². The van der Waals surface area contributed by atoms with Crippen LogP contribution in [-0.4, -0.2) is 21.0 Å². The highest BCUT2D eigenvalue weighted by Gasteiger charge is 2.20. The van der Waals surface area contributed by atoms with Crippen molar-refractivity contribution >= 4 is 17.3 Å². The van der Waals surface area contributed by atoms with Gasteiger partial charge in [0.15, 0.2) is 17.8 Å². The van der Waals surface area contributed by atoms with Crippen LogP contribution in [0.4, 0.5) is 0 Å². The lowest BCUT2D eigenvalue weighted by Crippen LogP contribution is -1.98. The summed E-state index contributed by atoms with van der Waals surface area (Å²) in [5.41, 5.74) is 0.693. The number of thiazole rings is 1. The lowest BCUT2D eigenvalue weighted by molar-refractivity contribution is 0.0691. The number of oxazole rings is 1. The Morgan fingerprint density at radius 3 is 2.80 bits per heavy atom. The van der Waals surface area contributed by atoms with Crippen LogP contribution in [0.25, 0.3) is 10.6 Å². The first-order valence-electron chi connectivity index (χ1n) is 4.20. The Morgan fingerprint density at radius 2 is 2.27 bits per heavy atom. The molecule has 0 aliphatic heterocycles. The largest absolute Gasteiger partial charge is 0.476 e. The van der Waals surface area contributed by atoms with Gasteiger partial charge in [0.25, 0.3) is 0 Å². The van der Waals surface area contributed by atoms with E-state index >= 15 is 0 Å². The van der Waals surface area contributed by atoms with Crippen LogP contribution in [0, 0.1) is 13.8 Å². The zero-order valence-electron chi connectivity index (χ0n) is 8.14. The molecule has 0 bridgehead atoms. The highest BCUT2D eigenvalue weighted by atomic mass is 32.1. The zero-order chi connectivity index (χ0) is 11.0. The molecule has 0 saturated carbocycles. The van der Waals surface area contributed by atoms with Gasteiger partial charge in [-0.25, -0.2) is 14.8 Å². The number of carboxylic acids is 1. The third-order valence-corrected chi connectivity index (χ3v) is 2.95. The second-order valence-electron chi connectivity index (χ2n) is 2.98. The van der Waals surface area contributed by atoms with Gasteiger partial charge < -0.3 is 9.52 Å². The molecular formula is C9H8N2O3S. The fourth-order valence-corrected chi connectivity index (χ4v) is 2.21. The smallest absolute Gasteiger partial charge is 0.358 e. The number of carbonyl (C=O) groups is 1. The molecule has 0 aliphatic carbocycles. The molecular weight excluding hydrogens is 216 g/mol. The number of aromatic nitrogens is 2. The molecule has 0 radical (unpaired) electrons. The summed E-state index contributed by atoms with van der Waals surface area (Å²) in [6.45, 7) is 3.67. The number of carboxylic acid groups (broad SMARTS) is 1. The minimum Gasteiger partial charge on any atom is -0.476 e. The molecule has 0 saturated heterocycles. The zero-order valence-corrected chi connectivity index (χ0v) is 8.96. The van der Waals surface area contributed by atoms with Crippen LogP contribution in [0.15, 0.2) is 10.8 Å². The van der Waals surface area contributed by atoms with E-state index in [0.717, 1.165) is 22.0 Å². The number of nitrogens with zero attached hydrogens (tertiary/aromatic N) is 2. The second-order valence-corrected chi connectivity index (χ2v) is 4.19. The fourth-order valence-electron chi connectivity index (χ4n) is 1.30. The number of hydrogen-bond acceptors (Lipinski definition) is 5. The van der Waals surface area contributed by atoms with Gasteiger partial charge in [-0.1, -0.05) is 0 Å². The second kappa shape index (κ2) is 3.47. The Balaban J connectivity index is 2.58. The fraction of sp³-hybridized carbons (Fsp3) is 0.222. The maximum absolute atomic E-state index is 10.8. The van der Waals surface area contributed by atoms with Crippen molar-refractivity contribution in [2.75, 3.05) is 0 Å². The van der Waals surface area contributed by atoms with Crippen LogP contribution in [0.3, 0.4) is 0 Å². The third-order valence-electron chi connectivity index (χ3n) is 1.88. The SMILES string of the molecule is Cc1nc(C)c(-c2ocnc2C(=O)O)s1. The Morgan fingerprint density at radius 1 is 1.53 bits per heavy atom. The lowest BCUT2D eigenvalue weighted by Gasteiger charge is -1.93. The predicted octanol–water partition coefficient (Wildman–Crippen LogP) is 2.11. The average Bonchev–Trinajstić information content (AvgIpc) is 2.71. The maximum Gasteiger partial charge on any atom is 0.358 e. The van der Waals surface area contributed by atoms with E-state index < -0.39 is 5.97 Å². The van der Waals surface area contributed by atoms with Gasteiger partial charge in [0.2, 0.25) is 0 Å². The quantitative estimate of drug-likeness (QED) is 0.845. The molecule has 0 aliphatic rings. The minimum absolute atomic E-state index is 0.0678. The van der Waals surface area contributed by atoms with E-state index in [9.17, 15) is 4.79 Å². The molecule has 5 nitrogen and oxygen atoms in total. The van der Waals surface area contributed by atoms with Crippen molar-refractivity contribution in [2.24, 2.45) is 0 Å². The molecule has 0 unspecified atom stereocenters. The van der Waals surface area contributed by atoms with Crippen LogP contribution < -0.4 is 0 Å². The topological polar surface area (TPSA) is 76.2 Å². The Hall–Kier alpha value is -1.69. The van der Waals surface area contributed by atoms with E-state index in [1.165, 1.54) is 11.3 Å². The molecule has 0 aromatic carbocycles. The van der Waals surface area contributed by atoms with Crippen LogP contribution in [-0.2, 0) is 0 Å². The number of aryl methyl sites for hydroxylation is 2. The molecule has 2 aromatic heterocycles. The van der Waals surface area contributed by atoms with Gasteiger partial charge in [0.1, 0.15) is 0 Å². The summed E-state index contributed by atoms with van der Waals surface area (Å²) in [6.07, 6.45) is 1.13. The van der Waals surface area contributed by atoms with Gasteiger partial charge in [-0.05, 0) is 13.8 Å². The Bertz CT molecular complexity index is 515. The number of hydrogen-bond donors (Lipinski definition) is 1. The third kappa shape index (κ3) is 1.63. The van der Waals surface area contributed by atoms with Crippen LogP contribution >= 0.6 is 11.3 Å². The van der Waals surface area contributed by atoms with E-state index in [1.54, 1.807) is 0 Å². The highest BCUT2D eigenvalue weighted by Crippen LogP contribution is 2.31. The van der Waals surface area contributed by atoms with E-state index in [-0.39, 0.29) is 11.5 Å². The van der Waals surface area contributed by atoms with Crippen molar-refractivity contribution in [1.82, 2.24) is 9.97 Å². The molecule has 0 atom stereocenters. The van der Waals surface area contributed by atoms with Crippen molar-refractivity contribution < 1.29 is 14.3 Å². The molecule has 2 heterocycles. The lowest BCUT2D eigenvalue weighted by atomic mass is 10.2. The molecule has 0 spiro atoms. The van der Waals surface area contributed by atoms with Crippen molar-refractivity contribution in [3.05, 3.63) is 22.8 Å². The van der Waals surface area contributed by atoms with E-state index in [1.807, 2.05) is 13.8 Å². The Labute approximate surface area is 89.4 Å². The first-order valence-corrected chi connectivity index (χ1v) is 5.02. The van der Waals surface area contributed by atoms with Gasteiger partial charge in [-0.15, -0.1) is 11.3 Å². The van der Waals surface area contributed by atoms with Gasteiger partial charge in [0.05, 0.1) is 15.6 Å². The summed E-state index contributed by atoms with van der Waals surface area (Å²) in [6, 6.07) is 0. The summed E-state index contributed by atoms with van der Waals surface area (Å²) in [5.74, 6) is -0.810. The standard InChI is InChI=1S/C9H8N2O3S/c1-4-8(15-5(2)11-4)7-6(9(12)13)10-3-14-7/h3H,1-2H3,(H,12,13). The summed E-state index contributed by atoms with van der Waals surface area (Å²) in [5, 5.41) is 9.75. The van der Waals surface area contributed by atoms with Crippen LogP contribution in [0.5, 0.6) is 0 Å². The molecule has 0 amide bonds. The minimum atomic E-state index is -1.09. The summed E-state index contributed by atoms with van der Waals surface area (Å²) in [7, 11) is 0. The van der Waals surface area contributed by atoms with Crippen LogP contribution in [0.2, 0.25) is 0 Å². The first kappa shape index (κ1) is 9.85. The van der Waals surface area contributed by atoms with Gasteiger partial charge in [-0.3, -0.25) is 0 Å². The monoisotopic (exact) mass is 224 g/mol. The van der Waals surface area contributed by atoms with Crippen molar-refractivity contribution in [2.45, 2.75) is 13.8 Å². The molecule has 6 heteroatoms. The van der Waals surface area contributed by atoms with E-state index in [0.29, 0.717) is 0 Å². The molecule has 2 aromatic rings. The summed E-state index contributed by atoms with van der Waals surface area (Å²) < 4.78 is 5.08. The normalized spacial score (nSPS) is 10.5. The van der Waals surface area contributed by atoms with Crippen molar-refractivity contribution in [3.63, 3.8) is 0 Å². The summed E-state index contributed by atoms with van der Waals surface area (Å²) in [4.78, 5) is 19.4. The number of aromatic carboxylic acids is 1. The molecule has 78 valence electrons. The Kier molecular flexibility index (Phi) is 2.28. The van der Waals surface area contributed by atoms with Gasteiger partial charge in [0, 0.05) is 0 Å².